The van der Waals surface area contributed by atoms with Gasteiger partial charge in [-0.15, -0.1) is 17.1 Å². The summed E-state index contributed by atoms with van der Waals surface area (Å²) in [5, 5.41) is 0.153. The van der Waals surface area contributed by atoms with E-state index in [4.69, 9.17) is 16.4 Å². The third kappa shape index (κ3) is 3.26. The Labute approximate surface area is 201 Å². The Balaban J connectivity index is 1.40. The van der Waals surface area contributed by atoms with Gasteiger partial charge in [0.15, 0.2) is 0 Å². The molecule has 5 rings (SSSR count). The van der Waals surface area contributed by atoms with Gasteiger partial charge in [0.2, 0.25) is 0 Å². The minimum Gasteiger partial charge on any atom is -0.370 e. The number of rotatable bonds is 5. The average molecular weight is 464 g/mol. The molecule has 1 aliphatic heterocycles. The Bertz CT molecular complexity index is 741. The topological polar surface area (TPSA) is 38.3 Å². The smallest absolute Gasteiger partial charge is 0.329 e. The number of fused-ring (bicyclic) bond motifs is 4. The molecule has 0 radical (unpaired) electrons. The molecule has 4 saturated carbocycles. The van der Waals surface area contributed by atoms with Gasteiger partial charge < -0.3 is 4.84 Å². The fourth-order valence-electron chi connectivity index (χ4n) is 10.1. The minimum absolute atomic E-state index is 0.00989. The van der Waals surface area contributed by atoms with E-state index in [1.54, 1.807) is 0 Å². The van der Waals surface area contributed by atoms with E-state index in [1.807, 2.05) is 0 Å². The Hall–Kier alpha value is -0.280. The molecule has 1 saturated heterocycles. The van der Waals surface area contributed by atoms with Crippen LogP contribution >= 0.6 is 11.6 Å². The summed E-state index contributed by atoms with van der Waals surface area (Å²) in [7, 11) is 0. The second-order valence-corrected chi connectivity index (χ2v) is 14.1. The highest BCUT2D eigenvalue weighted by Crippen LogP contribution is 2.71. The lowest BCUT2D eigenvalue weighted by Crippen LogP contribution is -2.69. The van der Waals surface area contributed by atoms with Crippen molar-refractivity contribution in [3.05, 3.63) is 0 Å². The highest BCUT2D eigenvalue weighted by molar-refractivity contribution is 6.20. The molecule has 1 N–H and O–H groups in total. The van der Waals surface area contributed by atoms with Gasteiger partial charge in [-0.1, -0.05) is 53.9 Å². The van der Waals surface area contributed by atoms with Crippen molar-refractivity contribution in [1.29, 1.82) is 0 Å². The van der Waals surface area contributed by atoms with Crippen LogP contribution in [0.5, 0.6) is 0 Å². The van der Waals surface area contributed by atoms with Crippen LogP contribution < -0.4 is 5.48 Å². The number of carbonyl (C=O) groups excluding carboxylic acids is 1. The SMILES string of the molecule is CC(C)CCC[C@@H](C)[C@H]1CC[C@H]2[C@@H]3C[C@@H]4C(=O)ON[C@@]45C[C@@H](Cl)CC[C@]5(C)[C@H]3CC[C@]12C. The summed E-state index contributed by atoms with van der Waals surface area (Å²) in [4.78, 5) is 18.6. The number of hydroxylamine groups is 1. The lowest BCUT2D eigenvalue weighted by molar-refractivity contribution is -0.156. The summed E-state index contributed by atoms with van der Waals surface area (Å²) in [5.74, 6) is 4.61. The molecule has 5 aliphatic rings. The minimum atomic E-state index is -0.244. The number of alkyl halides is 1. The van der Waals surface area contributed by atoms with E-state index in [1.165, 1.54) is 44.9 Å². The number of halogens is 1. The van der Waals surface area contributed by atoms with Crippen LogP contribution in [0, 0.1) is 52.3 Å². The molecule has 0 unspecified atom stereocenters. The molecule has 0 amide bonds. The molecule has 0 aromatic rings. The summed E-state index contributed by atoms with van der Waals surface area (Å²) in [5.41, 5.74) is 3.64. The molecule has 0 aromatic carbocycles. The molecule has 10 atom stereocenters. The first kappa shape index (κ1) is 23.5. The molecule has 3 nitrogen and oxygen atoms in total. The third-order valence-electron chi connectivity index (χ3n) is 11.7. The van der Waals surface area contributed by atoms with Gasteiger partial charge in [0.05, 0.1) is 11.5 Å². The van der Waals surface area contributed by atoms with Crippen LogP contribution in [0.25, 0.3) is 0 Å². The van der Waals surface area contributed by atoms with Crippen molar-refractivity contribution in [3.8, 4) is 0 Å². The van der Waals surface area contributed by atoms with Crippen molar-refractivity contribution in [2.75, 3.05) is 0 Å². The molecule has 0 bridgehead atoms. The predicted octanol–water partition coefficient (Wildman–Crippen LogP) is 7.13. The van der Waals surface area contributed by atoms with Gasteiger partial charge in [-0.05, 0) is 97.7 Å². The van der Waals surface area contributed by atoms with Crippen LogP contribution in [0.1, 0.15) is 105 Å². The second kappa shape index (κ2) is 8.14. The molecule has 4 aliphatic carbocycles. The highest BCUT2D eigenvalue weighted by Gasteiger charge is 2.71. The lowest BCUT2D eigenvalue weighted by atomic mass is 9.40. The quantitative estimate of drug-likeness (QED) is 0.441. The summed E-state index contributed by atoms with van der Waals surface area (Å²) < 4.78 is 0. The van der Waals surface area contributed by atoms with Crippen molar-refractivity contribution in [1.82, 2.24) is 5.48 Å². The van der Waals surface area contributed by atoms with Crippen molar-refractivity contribution >= 4 is 17.6 Å². The monoisotopic (exact) mass is 463 g/mol. The summed E-state index contributed by atoms with van der Waals surface area (Å²) in [6, 6.07) is 0. The zero-order valence-corrected chi connectivity index (χ0v) is 21.8. The average Bonchev–Trinajstić information content (AvgIpc) is 3.24. The van der Waals surface area contributed by atoms with Crippen LogP contribution in [0.4, 0.5) is 0 Å². The number of hydrogen-bond acceptors (Lipinski definition) is 3. The number of nitrogens with one attached hydrogen (secondary N) is 1. The van der Waals surface area contributed by atoms with Crippen molar-refractivity contribution in [2.24, 2.45) is 52.3 Å². The van der Waals surface area contributed by atoms with Crippen molar-refractivity contribution in [2.45, 2.75) is 116 Å². The summed E-state index contributed by atoms with van der Waals surface area (Å²) >= 11 is 6.70. The van der Waals surface area contributed by atoms with Crippen molar-refractivity contribution in [3.63, 3.8) is 0 Å². The van der Waals surface area contributed by atoms with E-state index in [0.717, 1.165) is 49.4 Å². The zero-order chi connectivity index (χ0) is 22.9. The van der Waals surface area contributed by atoms with Crippen LogP contribution in [-0.4, -0.2) is 16.9 Å². The Morgan fingerprint density at radius 3 is 2.59 bits per heavy atom. The fourth-order valence-corrected chi connectivity index (χ4v) is 10.4. The van der Waals surface area contributed by atoms with Gasteiger partial charge in [0.1, 0.15) is 0 Å². The van der Waals surface area contributed by atoms with Gasteiger partial charge in [-0.25, -0.2) is 4.79 Å². The zero-order valence-electron chi connectivity index (χ0n) is 21.1. The molecule has 5 fully saturated rings. The standard InChI is InChI=1S/C28H46ClNO2/c1-17(2)7-6-8-18(3)21-9-10-22-20-15-24-25(31)32-30-28(24)16-19(29)11-14-27(28,5)23(20)12-13-26(21,22)4/h17-24,30H,6-16H2,1-5H3/t18-,19+,20+,21-,22+,23+,24-,26-,27-,28+/m1/s1. The molecule has 1 heterocycles. The maximum absolute atomic E-state index is 13.0. The Morgan fingerprint density at radius 2 is 1.84 bits per heavy atom. The van der Waals surface area contributed by atoms with Crippen molar-refractivity contribution < 1.29 is 9.63 Å². The summed E-state index contributed by atoms with van der Waals surface area (Å²) in [6.45, 7) is 12.4. The van der Waals surface area contributed by atoms with E-state index >= 15 is 0 Å². The van der Waals surface area contributed by atoms with Crippen LogP contribution in [-0.2, 0) is 9.63 Å². The van der Waals surface area contributed by atoms with Crippen LogP contribution in [0.15, 0.2) is 0 Å². The van der Waals surface area contributed by atoms with Gasteiger partial charge in [0, 0.05) is 5.38 Å². The maximum Gasteiger partial charge on any atom is 0.329 e. The third-order valence-corrected chi connectivity index (χ3v) is 12.1. The molecule has 32 heavy (non-hydrogen) atoms. The molecule has 1 spiro atoms. The Morgan fingerprint density at radius 1 is 1.06 bits per heavy atom. The Kier molecular flexibility index (Phi) is 5.97. The van der Waals surface area contributed by atoms with Gasteiger partial charge in [0.25, 0.3) is 0 Å². The van der Waals surface area contributed by atoms with Gasteiger partial charge in [-0.2, -0.15) is 0 Å². The number of hydrogen-bond donors (Lipinski definition) is 1. The molecular weight excluding hydrogens is 418 g/mol. The summed E-state index contributed by atoms with van der Waals surface area (Å²) in [6.07, 6.45) is 13.7. The van der Waals surface area contributed by atoms with E-state index in [0.29, 0.717) is 17.3 Å². The fraction of sp³-hybridized carbons (Fsp3) is 0.964. The molecule has 4 heteroatoms. The van der Waals surface area contributed by atoms with E-state index < -0.39 is 0 Å². The van der Waals surface area contributed by atoms with Gasteiger partial charge in [-0.3, -0.25) is 0 Å². The molecular formula is C28H46ClNO2. The van der Waals surface area contributed by atoms with Gasteiger partial charge >= 0.3 is 5.97 Å². The number of carbonyl (C=O) groups is 1. The first-order chi connectivity index (χ1) is 15.1. The lowest BCUT2D eigenvalue weighted by Gasteiger charge is -2.65. The van der Waals surface area contributed by atoms with Crippen LogP contribution in [0.3, 0.4) is 0 Å². The first-order valence-corrected chi connectivity index (χ1v) is 14.2. The highest BCUT2D eigenvalue weighted by atomic mass is 35.5. The molecule has 182 valence electrons. The van der Waals surface area contributed by atoms with E-state index in [-0.39, 0.29) is 28.2 Å². The van der Waals surface area contributed by atoms with E-state index in [9.17, 15) is 4.79 Å². The normalized spacial score (nSPS) is 50.9. The predicted molar refractivity (Wildman–Crippen MR) is 130 cm³/mol. The maximum atomic E-state index is 13.0. The first-order valence-electron chi connectivity index (χ1n) is 13.7. The molecule has 0 aromatic heterocycles. The largest absolute Gasteiger partial charge is 0.370 e. The second-order valence-electron chi connectivity index (χ2n) is 13.4. The van der Waals surface area contributed by atoms with Crippen LogP contribution in [0.2, 0.25) is 0 Å². The van der Waals surface area contributed by atoms with E-state index in [2.05, 4.69) is 40.1 Å².